The average Bonchev–Trinajstić information content (AvgIpc) is 2.38. The number of nitrogens with two attached hydrogens (primary N) is 2. The lowest BCUT2D eigenvalue weighted by Gasteiger charge is -2.30. The topological polar surface area (TPSA) is 52.0 Å². The molecule has 2 nitrogen and oxygen atoms in total. The van der Waals surface area contributed by atoms with Gasteiger partial charge in [-0.15, -0.1) is 0 Å². The highest BCUT2D eigenvalue weighted by atomic mass is 14.6. The summed E-state index contributed by atoms with van der Waals surface area (Å²) in [4.78, 5) is 0. The van der Waals surface area contributed by atoms with Crippen LogP contribution in [0.25, 0.3) is 0 Å². The fourth-order valence-corrected chi connectivity index (χ4v) is 4.35. The molecule has 0 aliphatic carbocycles. The van der Waals surface area contributed by atoms with E-state index in [1.165, 1.54) is 38.5 Å². The van der Waals surface area contributed by atoms with Crippen LogP contribution in [0.1, 0.15) is 93.9 Å². The van der Waals surface area contributed by atoms with Crippen molar-refractivity contribution < 1.29 is 0 Å². The average molecular weight is 341 g/mol. The van der Waals surface area contributed by atoms with Gasteiger partial charge in [-0.05, 0) is 73.3 Å². The standard InChI is InChI=1S/C22H48N2/c1-17(13-21(3,4)5)19(15-23)11-9-10-12-20(16-24)18(2)14-22(6,7)8/h17-20H,9-16,23-24H2,1-8H3. The second-order valence-electron chi connectivity index (χ2n) is 10.8. The lowest BCUT2D eigenvalue weighted by molar-refractivity contribution is 0.217. The third kappa shape index (κ3) is 11.5. The van der Waals surface area contributed by atoms with E-state index in [4.69, 9.17) is 11.5 Å². The highest BCUT2D eigenvalue weighted by Crippen LogP contribution is 2.32. The van der Waals surface area contributed by atoms with Crippen molar-refractivity contribution in [3.8, 4) is 0 Å². The molecular formula is C22H48N2. The maximum absolute atomic E-state index is 6.06. The summed E-state index contributed by atoms with van der Waals surface area (Å²) < 4.78 is 0. The van der Waals surface area contributed by atoms with Crippen molar-refractivity contribution in [2.75, 3.05) is 13.1 Å². The first-order valence-corrected chi connectivity index (χ1v) is 10.3. The van der Waals surface area contributed by atoms with Crippen LogP contribution in [0, 0.1) is 34.5 Å². The van der Waals surface area contributed by atoms with E-state index in [0.717, 1.165) is 24.9 Å². The first kappa shape index (κ1) is 23.9. The molecule has 0 aromatic heterocycles. The number of unbranched alkanes of at least 4 members (excludes halogenated alkanes) is 1. The molecule has 0 heterocycles. The van der Waals surface area contributed by atoms with Crippen LogP contribution in [0.3, 0.4) is 0 Å². The Bertz CT molecular complexity index is 279. The molecule has 24 heavy (non-hydrogen) atoms. The molecule has 0 spiro atoms. The first-order chi connectivity index (χ1) is 10.9. The van der Waals surface area contributed by atoms with E-state index in [-0.39, 0.29) is 0 Å². The summed E-state index contributed by atoms with van der Waals surface area (Å²) >= 11 is 0. The van der Waals surface area contributed by atoms with E-state index < -0.39 is 0 Å². The predicted octanol–water partition coefficient (Wildman–Crippen LogP) is 5.84. The molecular weight excluding hydrogens is 292 g/mol. The zero-order valence-electron chi connectivity index (χ0n) is 18.1. The largest absolute Gasteiger partial charge is 0.330 e. The Labute approximate surface area is 153 Å². The molecule has 146 valence electrons. The zero-order chi connectivity index (χ0) is 19.0. The van der Waals surface area contributed by atoms with Gasteiger partial charge in [-0.3, -0.25) is 0 Å². The summed E-state index contributed by atoms with van der Waals surface area (Å²) in [6, 6.07) is 0. The lowest BCUT2D eigenvalue weighted by atomic mass is 9.76. The van der Waals surface area contributed by atoms with Gasteiger partial charge >= 0.3 is 0 Å². The van der Waals surface area contributed by atoms with Gasteiger partial charge in [-0.1, -0.05) is 68.2 Å². The van der Waals surface area contributed by atoms with Crippen LogP contribution in [-0.2, 0) is 0 Å². The fourth-order valence-electron chi connectivity index (χ4n) is 4.35. The minimum absolute atomic E-state index is 0.403. The van der Waals surface area contributed by atoms with Crippen molar-refractivity contribution >= 4 is 0 Å². The minimum Gasteiger partial charge on any atom is -0.330 e. The summed E-state index contributed by atoms with van der Waals surface area (Å²) in [5, 5.41) is 0. The summed E-state index contributed by atoms with van der Waals surface area (Å²) in [6.45, 7) is 20.4. The van der Waals surface area contributed by atoms with E-state index in [9.17, 15) is 0 Å². The summed E-state index contributed by atoms with van der Waals surface area (Å²) in [5.41, 5.74) is 12.9. The molecule has 2 heteroatoms. The Kier molecular flexibility index (Phi) is 10.8. The molecule has 4 N–H and O–H groups in total. The van der Waals surface area contributed by atoms with E-state index >= 15 is 0 Å². The molecule has 0 radical (unpaired) electrons. The lowest BCUT2D eigenvalue weighted by Crippen LogP contribution is -2.26. The second kappa shape index (κ2) is 10.8. The third-order valence-electron chi connectivity index (χ3n) is 5.48. The Morgan fingerprint density at radius 1 is 0.625 bits per heavy atom. The van der Waals surface area contributed by atoms with E-state index in [1.807, 2.05) is 0 Å². The number of rotatable bonds is 11. The summed E-state index contributed by atoms with van der Waals surface area (Å²) in [7, 11) is 0. The number of hydrogen-bond acceptors (Lipinski definition) is 2. The molecule has 0 aliphatic rings. The van der Waals surface area contributed by atoms with Crippen LogP contribution < -0.4 is 11.5 Å². The third-order valence-corrected chi connectivity index (χ3v) is 5.48. The molecule has 0 aliphatic heterocycles. The SMILES string of the molecule is CC(CC(C)(C)C)C(CN)CCCCC(CN)C(C)CC(C)(C)C. The maximum Gasteiger partial charge on any atom is -0.00463 e. The van der Waals surface area contributed by atoms with Gasteiger partial charge < -0.3 is 11.5 Å². The minimum atomic E-state index is 0.403. The molecule has 0 amide bonds. The molecule has 0 bridgehead atoms. The van der Waals surface area contributed by atoms with Crippen LogP contribution in [0.15, 0.2) is 0 Å². The normalized spacial score (nSPS) is 18.2. The van der Waals surface area contributed by atoms with Crippen LogP contribution in [-0.4, -0.2) is 13.1 Å². The Morgan fingerprint density at radius 3 is 1.12 bits per heavy atom. The van der Waals surface area contributed by atoms with Crippen LogP contribution >= 0.6 is 0 Å². The van der Waals surface area contributed by atoms with Gasteiger partial charge in [0.15, 0.2) is 0 Å². The molecule has 0 aromatic carbocycles. The Morgan fingerprint density at radius 2 is 0.917 bits per heavy atom. The van der Waals surface area contributed by atoms with Gasteiger partial charge in [0.05, 0.1) is 0 Å². The molecule has 0 saturated carbocycles. The van der Waals surface area contributed by atoms with E-state index in [2.05, 4.69) is 55.4 Å². The highest BCUT2D eigenvalue weighted by Gasteiger charge is 2.23. The summed E-state index contributed by atoms with van der Waals surface area (Å²) in [5.74, 6) is 2.79. The van der Waals surface area contributed by atoms with Crippen LogP contribution in [0.5, 0.6) is 0 Å². The van der Waals surface area contributed by atoms with Crippen molar-refractivity contribution in [1.82, 2.24) is 0 Å². The Hall–Kier alpha value is -0.0800. The molecule has 4 unspecified atom stereocenters. The van der Waals surface area contributed by atoms with Crippen molar-refractivity contribution in [2.45, 2.75) is 93.9 Å². The molecule has 4 atom stereocenters. The smallest absolute Gasteiger partial charge is 0.00463 e. The van der Waals surface area contributed by atoms with Gasteiger partial charge in [0.25, 0.3) is 0 Å². The van der Waals surface area contributed by atoms with E-state index in [0.29, 0.717) is 22.7 Å². The van der Waals surface area contributed by atoms with Gasteiger partial charge in [-0.25, -0.2) is 0 Å². The monoisotopic (exact) mass is 340 g/mol. The van der Waals surface area contributed by atoms with Gasteiger partial charge in [-0.2, -0.15) is 0 Å². The zero-order valence-corrected chi connectivity index (χ0v) is 18.1. The molecule has 0 fully saturated rings. The van der Waals surface area contributed by atoms with Gasteiger partial charge in [0.1, 0.15) is 0 Å². The molecule has 0 saturated heterocycles. The highest BCUT2D eigenvalue weighted by molar-refractivity contribution is 4.76. The summed E-state index contributed by atoms with van der Waals surface area (Å²) in [6.07, 6.45) is 7.69. The van der Waals surface area contributed by atoms with Crippen LogP contribution in [0.2, 0.25) is 0 Å². The fraction of sp³-hybridized carbons (Fsp3) is 1.00. The van der Waals surface area contributed by atoms with Crippen molar-refractivity contribution in [3.63, 3.8) is 0 Å². The van der Waals surface area contributed by atoms with Gasteiger partial charge in [0.2, 0.25) is 0 Å². The number of hydrogen-bond donors (Lipinski definition) is 2. The van der Waals surface area contributed by atoms with Gasteiger partial charge in [0, 0.05) is 0 Å². The second-order valence-corrected chi connectivity index (χ2v) is 10.8. The predicted molar refractivity (Wildman–Crippen MR) is 110 cm³/mol. The van der Waals surface area contributed by atoms with Crippen molar-refractivity contribution in [2.24, 2.45) is 46.0 Å². The Balaban J connectivity index is 4.23. The molecule has 0 rings (SSSR count). The maximum atomic E-state index is 6.06. The van der Waals surface area contributed by atoms with Crippen molar-refractivity contribution in [3.05, 3.63) is 0 Å². The van der Waals surface area contributed by atoms with Crippen LogP contribution in [0.4, 0.5) is 0 Å². The van der Waals surface area contributed by atoms with Crippen molar-refractivity contribution in [1.29, 1.82) is 0 Å². The quantitative estimate of drug-likeness (QED) is 0.464. The first-order valence-electron chi connectivity index (χ1n) is 10.3. The van der Waals surface area contributed by atoms with E-state index in [1.54, 1.807) is 0 Å². The molecule has 0 aromatic rings.